The van der Waals surface area contributed by atoms with Crippen LogP contribution in [0.5, 0.6) is 11.5 Å². The Kier molecular flexibility index (Phi) is 4.45. The van der Waals surface area contributed by atoms with Crippen LogP contribution in [-0.2, 0) is 11.3 Å². The lowest BCUT2D eigenvalue weighted by Gasteiger charge is -2.29. The molecule has 1 saturated heterocycles. The van der Waals surface area contributed by atoms with Crippen molar-refractivity contribution < 1.29 is 14.3 Å². The summed E-state index contributed by atoms with van der Waals surface area (Å²) in [5.74, 6) is 1.60. The van der Waals surface area contributed by atoms with Gasteiger partial charge >= 0.3 is 0 Å². The Morgan fingerprint density at radius 3 is 2.73 bits per heavy atom. The number of nitrogens with zero attached hydrogens (tertiary/aromatic N) is 1. The first-order chi connectivity index (χ1) is 10.5. The number of rotatable bonds is 5. The quantitative estimate of drug-likeness (QED) is 0.904. The molecule has 0 aromatic heterocycles. The van der Waals surface area contributed by atoms with Crippen LogP contribution in [0.1, 0.15) is 32.3 Å². The molecule has 1 aromatic rings. The summed E-state index contributed by atoms with van der Waals surface area (Å²) < 4.78 is 10.8. The molecule has 0 bridgehead atoms. The van der Waals surface area contributed by atoms with Gasteiger partial charge in [-0.3, -0.25) is 9.69 Å². The molecule has 5 nitrogen and oxygen atoms in total. The van der Waals surface area contributed by atoms with Gasteiger partial charge < -0.3 is 14.8 Å². The first-order valence-electron chi connectivity index (χ1n) is 7.64. The number of hydrogen-bond donors (Lipinski definition) is 1. The summed E-state index contributed by atoms with van der Waals surface area (Å²) in [5.41, 5.74) is 1.02. The minimum absolute atomic E-state index is 0.148. The molecule has 0 aliphatic carbocycles. The summed E-state index contributed by atoms with van der Waals surface area (Å²) in [6, 6.07) is 4.35. The van der Waals surface area contributed by atoms with Gasteiger partial charge in [-0.25, -0.2) is 0 Å². The van der Waals surface area contributed by atoms with Gasteiger partial charge in [0.05, 0.1) is 0 Å². The van der Waals surface area contributed by atoms with Crippen LogP contribution in [-0.4, -0.2) is 36.2 Å². The van der Waals surface area contributed by atoms with E-state index in [0.29, 0.717) is 23.2 Å². The van der Waals surface area contributed by atoms with Crippen LogP contribution >= 0.6 is 11.6 Å². The molecule has 1 fully saturated rings. The Morgan fingerprint density at radius 2 is 2.09 bits per heavy atom. The standard InChI is InChI=1S/C16H21ClN2O3/c1-10(2)19(8-12-3-4-16(20)18-12)7-11-5-14-15(6-13(11)17)22-9-21-14/h5-6,10,12H,3-4,7-9H2,1-2H3,(H,18,20)/t12-/m1/s1. The Bertz CT molecular complexity index is 577. The minimum Gasteiger partial charge on any atom is -0.454 e. The van der Waals surface area contributed by atoms with Crippen molar-refractivity contribution in [2.75, 3.05) is 13.3 Å². The van der Waals surface area contributed by atoms with E-state index >= 15 is 0 Å². The van der Waals surface area contributed by atoms with Gasteiger partial charge in [0.1, 0.15) is 0 Å². The number of benzene rings is 1. The molecular formula is C16H21ClN2O3. The predicted octanol–water partition coefficient (Wildman–Crippen LogP) is 2.56. The van der Waals surface area contributed by atoms with E-state index in [2.05, 4.69) is 24.1 Å². The second-order valence-corrected chi connectivity index (χ2v) is 6.53. The van der Waals surface area contributed by atoms with Gasteiger partial charge in [0.2, 0.25) is 12.7 Å². The summed E-state index contributed by atoms with van der Waals surface area (Å²) in [4.78, 5) is 13.7. The highest BCUT2D eigenvalue weighted by Crippen LogP contribution is 2.37. The molecule has 1 aromatic carbocycles. The van der Waals surface area contributed by atoms with Crippen LogP contribution in [0.4, 0.5) is 0 Å². The Labute approximate surface area is 135 Å². The molecule has 0 unspecified atom stereocenters. The Balaban J connectivity index is 1.72. The second-order valence-electron chi connectivity index (χ2n) is 6.12. The largest absolute Gasteiger partial charge is 0.454 e. The lowest BCUT2D eigenvalue weighted by molar-refractivity contribution is -0.119. The third kappa shape index (κ3) is 3.31. The van der Waals surface area contributed by atoms with Crippen LogP contribution in [0.3, 0.4) is 0 Å². The number of carbonyl (C=O) groups is 1. The molecular weight excluding hydrogens is 304 g/mol. The lowest BCUT2D eigenvalue weighted by Crippen LogP contribution is -2.41. The maximum absolute atomic E-state index is 11.4. The van der Waals surface area contributed by atoms with Crippen LogP contribution in [0.25, 0.3) is 0 Å². The van der Waals surface area contributed by atoms with Crippen molar-refractivity contribution in [3.8, 4) is 11.5 Å². The number of ether oxygens (including phenoxy) is 2. The molecule has 6 heteroatoms. The highest BCUT2D eigenvalue weighted by Gasteiger charge is 2.25. The first kappa shape index (κ1) is 15.4. The fraction of sp³-hybridized carbons (Fsp3) is 0.562. The van der Waals surface area contributed by atoms with Crippen LogP contribution in [0.15, 0.2) is 12.1 Å². The number of hydrogen-bond acceptors (Lipinski definition) is 4. The highest BCUT2D eigenvalue weighted by molar-refractivity contribution is 6.31. The zero-order valence-corrected chi connectivity index (χ0v) is 13.7. The smallest absolute Gasteiger partial charge is 0.231 e. The molecule has 0 saturated carbocycles. The van der Waals surface area contributed by atoms with Crippen molar-refractivity contribution in [2.45, 2.75) is 45.3 Å². The molecule has 1 amide bonds. The summed E-state index contributed by atoms with van der Waals surface area (Å²) in [7, 11) is 0. The number of fused-ring (bicyclic) bond motifs is 1. The maximum Gasteiger partial charge on any atom is 0.231 e. The van der Waals surface area contributed by atoms with Crippen LogP contribution in [0, 0.1) is 0 Å². The second kappa shape index (κ2) is 6.34. The monoisotopic (exact) mass is 324 g/mol. The van der Waals surface area contributed by atoms with Gasteiger partial charge in [0.15, 0.2) is 11.5 Å². The summed E-state index contributed by atoms with van der Waals surface area (Å²) in [5, 5.41) is 3.71. The fourth-order valence-electron chi connectivity index (χ4n) is 2.85. The number of nitrogens with one attached hydrogen (secondary N) is 1. The third-order valence-corrected chi connectivity index (χ3v) is 4.54. The van der Waals surface area contributed by atoms with E-state index in [1.54, 1.807) is 0 Å². The van der Waals surface area contributed by atoms with Gasteiger partial charge in [-0.2, -0.15) is 0 Å². The van der Waals surface area contributed by atoms with Gasteiger partial charge in [-0.05, 0) is 31.9 Å². The molecule has 1 N–H and O–H groups in total. The molecule has 0 spiro atoms. The molecule has 1 atom stereocenters. The molecule has 120 valence electrons. The van der Waals surface area contributed by atoms with Gasteiger partial charge in [-0.1, -0.05) is 11.6 Å². The topological polar surface area (TPSA) is 50.8 Å². The summed E-state index contributed by atoms with van der Waals surface area (Å²) >= 11 is 6.36. The number of carbonyl (C=O) groups excluding carboxylic acids is 1. The zero-order chi connectivity index (χ0) is 15.7. The number of halogens is 1. The third-order valence-electron chi connectivity index (χ3n) is 4.19. The summed E-state index contributed by atoms with van der Waals surface area (Å²) in [6.45, 7) is 6.10. The predicted molar refractivity (Wildman–Crippen MR) is 84.3 cm³/mol. The molecule has 0 radical (unpaired) electrons. The zero-order valence-electron chi connectivity index (χ0n) is 12.9. The van der Waals surface area contributed by atoms with Gasteiger partial charge in [0, 0.05) is 42.7 Å². The van der Waals surface area contributed by atoms with Crippen LogP contribution in [0.2, 0.25) is 5.02 Å². The Morgan fingerprint density at radius 1 is 1.36 bits per heavy atom. The average molecular weight is 325 g/mol. The Hall–Kier alpha value is -1.46. The van der Waals surface area contributed by atoms with Crippen molar-refractivity contribution in [1.82, 2.24) is 10.2 Å². The van der Waals surface area contributed by atoms with Crippen molar-refractivity contribution in [2.24, 2.45) is 0 Å². The molecule has 3 rings (SSSR count). The van der Waals surface area contributed by atoms with Crippen molar-refractivity contribution >= 4 is 17.5 Å². The van der Waals surface area contributed by atoms with Crippen molar-refractivity contribution in [3.63, 3.8) is 0 Å². The summed E-state index contributed by atoms with van der Waals surface area (Å²) in [6.07, 6.45) is 1.53. The van der Waals surface area contributed by atoms with Crippen LogP contribution < -0.4 is 14.8 Å². The van der Waals surface area contributed by atoms with Crippen molar-refractivity contribution in [3.05, 3.63) is 22.7 Å². The van der Waals surface area contributed by atoms with E-state index < -0.39 is 0 Å². The normalized spacial score (nSPS) is 20.0. The van der Waals surface area contributed by atoms with Gasteiger partial charge in [0.25, 0.3) is 0 Å². The highest BCUT2D eigenvalue weighted by atomic mass is 35.5. The first-order valence-corrected chi connectivity index (χ1v) is 8.02. The fourth-order valence-corrected chi connectivity index (χ4v) is 3.07. The molecule has 2 aliphatic heterocycles. The molecule has 2 aliphatic rings. The van der Waals surface area contributed by atoms with E-state index in [4.69, 9.17) is 21.1 Å². The average Bonchev–Trinajstić information content (AvgIpc) is 3.06. The maximum atomic E-state index is 11.4. The number of amides is 1. The van der Waals surface area contributed by atoms with E-state index in [0.717, 1.165) is 30.8 Å². The lowest BCUT2D eigenvalue weighted by atomic mass is 10.1. The SMILES string of the molecule is CC(C)N(Cc1cc2c(cc1Cl)OCO2)C[C@H]1CCC(=O)N1. The van der Waals surface area contributed by atoms with E-state index in [1.165, 1.54) is 0 Å². The van der Waals surface area contributed by atoms with E-state index in [9.17, 15) is 4.79 Å². The molecule has 22 heavy (non-hydrogen) atoms. The van der Waals surface area contributed by atoms with E-state index in [1.807, 2.05) is 12.1 Å². The van der Waals surface area contributed by atoms with E-state index in [-0.39, 0.29) is 18.7 Å². The minimum atomic E-state index is 0.148. The van der Waals surface area contributed by atoms with Crippen molar-refractivity contribution in [1.29, 1.82) is 0 Å². The van der Waals surface area contributed by atoms with Gasteiger partial charge in [-0.15, -0.1) is 0 Å². The molecule has 2 heterocycles.